The predicted octanol–water partition coefficient (Wildman–Crippen LogP) is 3.61. The summed E-state index contributed by atoms with van der Waals surface area (Å²) < 4.78 is 0. The number of hydrogen-bond donors (Lipinski definition) is 0. The fraction of sp³-hybridized carbons (Fsp3) is 0.750. The second-order valence-corrected chi connectivity index (χ2v) is 4.41. The number of hydrogen-bond acceptors (Lipinski definition) is 0. The molecule has 0 rings (SSSR count). The molecule has 0 unspecified atom stereocenters. The molecule has 0 aliphatic heterocycles. The van der Waals surface area contributed by atoms with Crippen LogP contribution in [0.25, 0.3) is 0 Å². The summed E-state index contributed by atoms with van der Waals surface area (Å²) in [5, 5.41) is 0. The van der Waals surface area contributed by atoms with Gasteiger partial charge in [0.15, 0.2) is 0 Å². The molecule has 0 bridgehead atoms. The number of halogens is 1. The van der Waals surface area contributed by atoms with Crippen molar-refractivity contribution in [3.8, 4) is 0 Å². The highest BCUT2D eigenvalue weighted by atomic mass is 35.5. The van der Waals surface area contributed by atoms with Gasteiger partial charge in [-0.15, -0.1) is 18.2 Å². The Morgan fingerprint density at radius 1 is 1.22 bits per heavy atom. The van der Waals surface area contributed by atoms with Crippen molar-refractivity contribution in [3.05, 3.63) is 12.2 Å². The molecule has 0 aromatic rings. The lowest BCUT2D eigenvalue weighted by molar-refractivity contribution is 0.788. The zero-order valence-electron chi connectivity index (χ0n) is 7.09. The summed E-state index contributed by atoms with van der Waals surface area (Å²) in [4.78, 5) is -0.0278. The molecule has 0 fully saturated rings. The van der Waals surface area contributed by atoms with Gasteiger partial charge in [0.25, 0.3) is 0 Å². The fourth-order valence-corrected chi connectivity index (χ4v) is 0. The van der Waals surface area contributed by atoms with E-state index in [4.69, 9.17) is 11.6 Å². The van der Waals surface area contributed by atoms with Gasteiger partial charge in [-0.25, -0.2) is 0 Å². The topological polar surface area (TPSA) is 0 Å². The highest BCUT2D eigenvalue weighted by molar-refractivity contribution is 6.23. The molecule has 1 heteroatoms. The molecule has 0 saturated heterocycles. The molecule has 0 spiro atoms. The second kappa shape index (κ2) is 4.87. The van der Waals surface area contributed by atoms with Crippen molar-refractivity contribution in [3.63, 3.8) is 0 Å². The van der Waals surface area contributed by atoms with Crippen molar-refractivity contribution in [1.82, 2.24) is 0 Å². The Hall–Kier alpha value is 0.0300. The van der Waals surface area contributed by atoms with Gasteiger partial charge in [-0.1, -0.05) is 5.57 Å². The Labute approximate surface area is 63.9 Å². The van der Waals surface area contributed by atoms with E-state index in [-0.39, 0.29) is 4.87 Å². The normalized spacial score (nSPS) is 9.56. The van der Waals surface area contributed by atoms with E-state index in [1.807, 2.05) is 34.6 Å². The van der Waals surface area contributed by atoms with E-state index in [0.717, 1.165) is 0 Å². The summed E-state index contributed by atoms with van der Waals surface area (Å²) in [5.74, 6) is 0. The molecule has 0 aliphatic carbocycles. The SMILES string of the molecule is C=C(C)C.CC(C)(C)Cl. The van der Waals surface area contributed by atoms with Crippen molar-refractivity contribution in [2.45, 2.75) is 39.5 Å². The average Bonchev–Trinajstić information content (AvgIpc) is 1.19. The van der Waals surface area contributed by atoms with Gasteiger partial charge in [0.2, 0.25) is 0 Å². The highest BCUT2D eigenvalue weighted by Gasteiger charge is 1.99. The van der Waals surface area contributed by atoms with Crippen molar-refractivity contribution in [2.75, 3.05) is 0 Å². The van der Waals surface area contributed by atoms with Crippen molar-refractivity contribution >= 4 is 11.6 Å². The quantitative estimate of drug-likeness (QED) is 0.364. The summed E-state index contributed by atoms with van der Waals surface area (Å²) in [7, 11) is 0. The summed E-state index contributed by atoms with van der Waals surface area (Å²) >= 11 is 5.53. The number of rotatable bonds is 0. The van der Waals surface area contributed by atoms with Crippen molar-refractivity contribution in [1.29, 1.82) is 0 Å². The van der Waals surface area contributed by atoms with Gasteiger partial charge in [0, 0.05) is 4.87 Å². The maximum atomic E-state index is 5.53. The van der Waals surface area contributed by atoms with Crippen LogP contribution >= 0.6 is 11.6 Å². The molecular formula is C8H17Cl. The van der Waals surface area contributed by atoms with Gasteiger partial charge >= 0.3 is 0 Å². The molecule has 0 aromatic carbocycles. The third kappa shape index (κ3) is 324000. The van der Waals surface area contributed by atoms with E-state index in [2.05, 4.69) is 6.58 Å². The number of allylic oxidation sites excluding steroid dienone is 1. The fourth-order valence-electron chi connectivity index (χ4n) is 0. The summed E-state index contributed by atoms with van der Waals surface area (Å²) in [6, 6.07) is 0. The molecule has 0 saturated carbocycles. The molecule has 0 radical (unpaired) electrons. The van der Waals surface area contributed by atoms with Crippen LogP contribution in [0, 0.1) is 0 Å². The van der Waals surface area contributed by atoms with Crippen molar-refractivity contribution in [2.24, 2.45) is 0 Å². The van der Waals surface area contributed by atoms with Crippen LogP contribution in [0.15, 0.2) is 12.2 Å². The first kappa shape index (κ1) is 11.8. The predicted molar refractivity (Wildman–Crippen MR) is 46.1 cm³/mol. The van der Waals surface area contributed by atoms with E-state index in [9.17, 15) is 0 Å². The lowest BCUT2D eigenvalue weighted by Crippen LogP contribution is -1.99. The minimum absolute atomic E-state index is 0.0278. The van der Waals surface area contributed by atoms with Crippen molar-refractivity contribution < 1.29 is 0 Å². The molecule has 0 aliphatic rings. The molecule has 0 nitrogen and oxygen atoms in total. The smallest absolute Gasteiger partial charge is 0.0362 e. The van der Waals surface area contributed by atoms with Gasteiger partial charge in [-0.3, -0.25) is 0 Å². The van der Waals surface area contributed by atoms with Gasteiger partial charge in [-0.05, 0) is 34.6 Å². The third-order valence-electron chi connectivity index (χ3n) is 0. The molecule has 0 heterocycles. The number of alkyl halides is 1. The van der Waals surface area contributed by atoms with Crippen LogP contribution in [0.2, 0.25) is 0 Å². The largest absolute Gasteiger partial charge is 0.120 e. The summed E-state index contributed by atoms with van der Waals surface area (Å²) in [6.45, 7) is 13.4. The first-order valence-corrected chi connectivity index (χ1v) is 3.42. The van der Waals surface area contributed by atoms with Crippen LogP contribution in [-0.4, -0.2) is 4.87 Å². The standard InChI is InChI=1S/C4H9Cl.C4H8/c1-4(2,3)5;1-4(2)3/h1-3H3;1H2,2-3H3. The van der Waals surface area contributed by atoms with E-state index < -0.39 is 0 Å². The third-order valence-corrected chi connectivity index (χ3v) is 0. The van der Waals surface area contributed by atoms with Gasteiger partial charge in [0.05, 0.1) is 0 Å². The maximum Gasteiger partial charge on any atom is 0.0362 e. The highest BCUT2D eigenvalue weighted by Crippen LogP contribution is 2.07. The molecule has 0 N–H and O–H groups in total. The molecule has 0 atom stereocenters. The van der Waals surface area contributed by atoms with E-state index in [1.54, 1.807) is 0 Å². The molecule has 9 heavy (non-hydrogen) atoms. The van der Waals surface area contributed by atoms with Crippen LogP contribution in [0.4, 0.5) is 0 Å². The zero-order valence-corrected chi connectivity index (χ0v) is 7.84. The Bertz CT molecular complexity index is 67.1. The Balaban J connectivity index is 0. The summed E-state index contributed by atoms with van der Waals surface area (Å²) in [6.07, 6.45) is 0. The Morgan fingerprint density at radius 3 is 1.22 bits per heavy atom. The van der Waals surface area contributed by atoms with Crippen LogP contribution in [0.3, 0.4) is 0 Å². The van der Waals surface area contributed by atoms with E-state index in [1.165, 1.54) is 5.57 Å². The van der Waals surface area contributed by atoms with Gasteiger partial charge in [0.1, 0.15) is 0 Å². The maximum absolute atomic E-state index is 5.53. The van der Waals surface area contributed by atoms with Gasteiger partial charge in [-0.2, -0.15) is 0 Å². The van der Waals surface area contributed by atoms with Crippen LogP contribution in [0.1, 0.15) is 34.6 Å². The van der Waals surface area contributed by atoms with Crippen LogP contribution in [0.5, 0.6) is 0 Å². The second-order valence-electron chi connectivity index (χ2n) is 3.27. The summed E-state index contributed by atoms with van der Waals surface area (Å²) in [5.41, 5.74) is 1.17. The first-order chi connectivity index (χ1) is 3.73. The van der Waals surface area contributed by atoms with E-state index >= 15 is 0 Å². The zero-order chi connectivity index (χ0) is 8.08. The minimum Gasteiger partial charge on any atom is -0.120 e. The lowest BCUT2D eigenvalue weighted by Gasteiger charge is -2.01. The molecule has 0 aromatic heterocycles. The van der Waals surface area contributed by atoms with Gasteiger partial charge < -0.3 is 0 Å². The van der Waals surface area contributed by atoms with Crippen LogP contribution in [-0.2, 0) is 0 Å². The minimum atomic E-state index is -0.0278. The van der Waals surface area contributed by atoms with Crippen LogP contribution < -0.4 is 0 Å². The lowest BCUT2D eigenvalue weighted by atomic mass is 10.3. The monoisotopic (exact) mass is 148 g/mol. The molecule has 0 amide bonds. The van der Waals surface area contributed by atoms with E-state index in [0.29, 0.717) is 0 Å². The Morgan fingerprint density at radius 2 is 1.22 bits per heavy atom. The first-order valence-electron chi connectivity index (χ1n) is 3.04. The molecular weight excluding hydrogens is 132 g/mol. The average molecular weight is 149 g/mol. The Kier molecular flexibility index (Phi) is 6.37. The molecule has 56 valence electrons.